The zero-order valence-electron chi connectivity index (χ0n) is 8.29. The van der Waals surface area contributed by atoms with Gasteiger partial charge in [0.25, 0.3) is 10.9 Å². The van der Waals surface area contributed by atoms with E-state index in [9.17, 15) is 28.1 Å². The Bertz CT molecular complexity index is 578. The highest BCUT2D eigenvalue weighted by Crippen LogP contribution is 2.40. The van der Waals surface area contributed by atoms with Gasteiger partial charge < -0.3 is 0 Å². The molecule has 9 heteroatoms. The summed E-state index contributed by atoms with van der Waals surface area (Å²) >= 11 is 4.96. The molecule has 0 radical (unpaired) electrons. The second-order valence-electron chi connectivity index (χ2n) is 3.02. The zero-order chi connectivity index (χ0) is 14.1. The molecule has 0 heterocycles. The van der Waals surface area contributed by atoms with Crippen LogP contribution in [0.4, 0.5) is 18.9 Å². The summed E-state index contributed by atoms with van der Waals surface area (Å²) in [6.07, 6.45) is -5.17. The fourth-order valence-corrected chi connectivity index (χ4v) is 1.52. The van der Waals surface area contributed by atoms with Gasteiger partial charge in [0.15, 0.2) is 0 Å². The molecule has 5 nitrogen and oxygen atoms in total. The minimum absolute atomic E-state index is 0.505. The maximum absolute atomic E-state index is 12.7. The molecule has 0 atom stereocenters. The van der Waals surface area contributed by atoms with Crippen LogP contribution < -0.4 is 0 Å². The standard InChI is InChI=1S/C9H2ClF3N2O3/c10-8(16)6-4(3-14)1-2-5(15(17)18)7(6)9(11,12)13/h1-2H. The van der Waals surface area contributed by atoms with Gasteiger partial charge >= 0.3 is 6.18 Å². The summed E-state index contributed by atoms with van der Waals surface area (Å²) in [5, 5.41) is 17.5. The van der Waals surface area contributed by atoms with E-state index >= 15 is 0 Å². The topological polar surface area (TPSA) is 84.0 Å². The van der Waals surface area contributed by atoms with Crippen molar-refractivity contribution in [3.63, 3.8) is 0 Å². The van der Waals surface area contributed by atoms with Gasteiger partial charge in [-0.2, -0.15) is 18.4 Å². The lowest BCUT2D eigenvalue weighted by molar-refractivity contribution is -0.388. The van der Waals surface area contributed by atoms with Gasteiger partial charge in [-0.25, -0.2) is 0 Å². The van der Waals surface area contributed by atoms with Gasteiger partial charge in [-0.15, -0.1) is 0 Å². The lowest BCUT2D eigenvalue weighted by Crippen LogP contribution is -2.15. The Kier molecular flexibility index (Phi) is 3.57. The van der Waals surface area contributed by atoms with E-state index in [0.717, 1.165) is 6.07 Å². The van der Waals surface area contributed by atoms with E-state index in [0.29, 0.717) is 6.07 Å². The van der Waals surface area contributed by atoms with Crippen molar-refractivity contribution in [1.82, 2.24) is 0 Å². The first-order valence-corrected chi connectivity index (χ1v) is 4.56. The molecule has 0 aliphatic rings. The van der Waals surface area contributed by atoms with E-state index in [-0.39, 0.29) is 0 Å². The predicted octanol–water partition coefficient (Wildman–Crippen LogP) is 2.86. The second-order valence-corrected chi connectivity index (χ2v) is 3.37. The monoisotopic (exact) mass is 278 g/mol. The molecular formula is C9H2ClF3N2O3. The Morgan fingerprint density at radius 2 is 2.00 bits per heavy atom. The number of alkyl halides is 3. The number of nitriles is 1. The van der Waals surface area contributed by atoms with Crippen molar-refractivity contribution < 1.29 is 22.9 Å². The number of nitro benzene ring substituents is 1. The van der Waals surface area contributed by atoms with Crippen LogP contribution in [0.1, 0.15) is 21.5 Å². The number of hydrogen-bond donors (Lipinski definition) is 0. The number of halogens is 4. The molecule has 94 valence electrons. The molecule has 0 N–H and O–H groups in total. The van der Waals surface area contributed by atoms with E-state index < -0.39 is 38.7 Å². The maximum Gasteiger partial charge on any atom is 0.423 e. The van der Waals surface area contributed by atoms with Crippen molar-refractivity contribution in [3.8, 4) is 6.07 Å². The van der Waals surface area contributed by atoms with Crippen molar-refractivity contribution in [2.45, 2.75) is 6.18 Å². The van der Waals surface area contributed by atoms with Crippen LogP contribution >= 0.6 is 11.6 Å². The normalized spacial score (nSPS) is 10.8. The average Bonchev–Trinajstić information content (AvgIpc) is 2.25. The van der Waals surface area contributed by atoms with Crippen LogP contribution in [-0.2, 0) is 6.18 Å². The Morgan fingerprint density at radius 1 is 1.44 bits per heavy atom. The van der Waals surface area contributed by atoms with E-state index in [2.05, 4.69) is 0 Å². The smallest absolute Gasteiger partial charge is 0.276 e. The van der Waals surface area contributed by atoms with Gasteiger partial charge in [0, 0.05) is 6.07 Å². The molecule has 0 unspecified atom stereocenters. The van der Waals surface area contributed by atoms with Crippen LogP contribution in [0.3, 0.4) is 0 Å². The molecule has 0 saturated heterocycles. The summed E-state index contributed by atoms with van der Waals surface area (Å²) < 4.78 is 38.2. The van der Waals surface area contributed by atoms with Gasteiger partial charge in [0.05, 0.1) is 22.1 Å². The number of rotatable bonds is 2. The van der Waals surface area contributed by atoms with E-state index in [1.54, 1.807) is 0 Å². The van der Waals surface area contributed by atoms with Crippen LogP contribution in [0.5, 0.6) is 0 Å². The van der Waals surface area contributed by atoms with Crippen LogP contribution in [0.25, 0.3) is 0 Å². The molecule has 0 aromatic heterocycles. The summed E-state index contributed by atoms with van der Waals surface area (Å²) in [4.78, 5) is 20.2. The Balaban J connectivity index is 3.85. The molecule has 1 aromatic carbocycles. The van der Waals surface area contributed by atoms with E-state index in [1.807, 2.05) is 0 Å². The van der Waals surface area contributed by atoms with Crippen LogP contribution in [0.2, 0.25) is 0 Å². The molecular weight excluding hydrogens is 277 g/mol. The summed E-state index contributed by atoms with van der Waals surface area (Å²) in [7, 11) is 0. The number of nitrogens with zero attached hydrogens (tertiary/aromatic N) is 2. The van der Waals surface area contributed by atoms with Crippen molar-refractivity contribution in [1.29, 1.82) is 5.26 Å². The van der Waals surface area contributed by atoms with E-state index in [1.165, 1.54) is 6.07 Å². The Labute approximate surface area is 103 Å². The fourth-order valence-electron chi connectivity index (χ4n) is 1.33. The predicted molar refractivity (Wildman–Crippen MR) is 53.0 cm³/mol. The Hall–Kier alpha value is -2.14. The SMILES string of the molecule is N#Cc1ccc([N+](=O)[O-])c(C(F)(F)F)c1C(=O)Cl. The van der Waals surface area contributed by atoms with Gasteiger partial charge in [0.1, 0.15) is 5.56 Å². The van der Waals surface area contributed by atoms with Crippen molar-refractivity contribution >= 4 is 22.5 Å². The molecule has 18 heavy (non-hydrogen) atoms. The van der Waals surface area contributed by atoms with Crippen LogP contribution in [0, 0.1) is 21.4 Å². The minimum Gasteiger partial charge on any atom is -0.276 e. The maximum atomic E-state index is 12.7. The Morgan fingerprint density at radius 3 is 2.33 bits per heavy atom. The molecule has 0 saturated carbocycles. The third-order valence-corrected chi connectivity index (χ3v) is 2.17. The first kappa shape index (κ1) is 13.9. The van der Waals surface area contributed by atoms with Gasteiger partial charge in [-0.05, 0) is 17.7 Å². The number of carbonyl (C=O) groups excluding carboxylic acids is 1. The average molecular weight is 279 g/mol. The lowest BCUT2D eigenvalue weighted by Gasteiger charge is -2.11. The highest BCUT2D eigenvalue weighted by Gasteiger charge is 2.43. The summed E-state index contributed by atoms with van der Waals surface area (Å²) in [6.45, 7) is 0. The van der Waals surface area contributed by atoms with Crippen molar-refractivity contribution in [3.05, 3.63) is 38.9 Å². The first-order chi connectivity index (χ1) is 8.20. The number of carbonyl (C=O) groups is 1. The molecule has 0 aliphatic heterocycles. The molecule has 0 fully saturated rings. The minimum atomic E-state index is -5.17. The molecule has 0 aliphatic carbocycles. The van der Waals surface area contributed by atoms with E-state index in [4.69, 9.17) is 16.9 Å². The van der Waals surface area contributed by atoms with Crippen molar-refractivity contribution in [2.75, 3.05) is 0 Å². The molecule has 0 amide bonds. The van der Waals surface area contributed by atoms with Gasteiger partial charge in [-0.3, -0.25) is 14.9 Å². The highest BCUT2D eigenvalue weighted by atomic mass is 35.5. The zero-order valence-corrected chi connectivity index (χ0v) is 9.04. The van der Waals surface area contributed by atoms with Gasteiger partial charge in [0.2, 0.25) is 0 Å². The second kappa shape index (κ2) is 4.62. The number of hydrogen-bond acceptors (Lipinski definition) is 4. The summed E-state index contributed by atoms with van der Waals surface area (Å²) in [5.74, 6) is 0. The highest BCUT2D eigenvalue weighted by molar-refractivity contribution is 6.68. The number of nitro groups is 1. The molecule has 0 bridgehead atoms. The summed E-state index contributed by atoms with van der Waals surface area (Å²) in [5.41, 5.74) is -5.02. The summed E-state index contributed by atoms with van der Waals surface area (Å²) in [6, 6.07) is 2.57. The van der Waals surface area contributed by atoms with Crippen LogP contribution in [0.15, 0.2) is 12.1 Å². The fraction of sp³-hybridized carbons (Fsp3) is 0.111. The molecule has 1 rings (SSSR count). The van der Waals surface area contributed by atoms with Crippen LogP contribution in [-0.4, -0.2) is 10.2 Å². The molecule has 1 aromatic rings. The third kappa shape index (κ3) is 2.41. The first-order valence-electron chi connectivity index (χ1n) is 4.18. The largest absolute Gasteiger partial charge is 0.423 e. The molecule has 0 spiro atoms. The quantitative estimate of drug-likeness (QED) is 0.473. The third-order valence-electron chi connectivity index (χ3n) is 1.98. The number of benzene rings is 1. The van der Waals surface area contributed by atoms with Gasteiger partial charge in [-0.1, -0.05) is 0 Å². The lowest BCUT2D eigenvalue weighted by atomic mass is 10.00. The van der Waals surface area contributed by atoms with Crippen molar-refractivity contribution in [2.24, 2.45) is 0 Å².